The van der Waals surface area contributed by atoms with Crippen LogP contribution in [0.25, 0.3) is 0 Å². The Morgan fingerprint density at radius 2 is 2.40 bits per heavy atom. The van der Waals surface area contributed by atoms with Gasteiger partial charge in [-0.2, -0.15) is 0 Å². The van der Waals surface area contributed by atoms with Crippen molar-refractivity contribution in [3.8, 4) is 0 Å². The third-order valence-corrected chi connectivity index (χ3v) is 2.80. The third-order valence-electron chi connectivity index (χ3n) is 2.80. The molecule has 0 radical (unpaired) electrons. The van der Waals surface area contributed by atoms with Crippen molar-refractivity contribution in [2.45, 2.75) is 25.8 Å². The summed E-state index contributed by atoms with van der Waals surface area (Å²) in [6.45, 7) is 2.20. The lowest BCUT2D eigenvalue weighted by atomic mass is 9.82. The molecule has 1 fully saturated rings. The number of rotatable bonds is 2. The zero-order valence-corrected chi connectivity index (χ0v) is 8.85. The second kappa shape index (κ2) is 4.29. The van der Waals surface area contributed by atoms with E-state index in [1.54, 1.807) is 6.20 Å². The Hall–Kier alpha value is -1.58. The van der Waals surface area contributed by atoms with Gasteiger partial charge in [-0.15, -0.1) is 0 Å². The highest BCUT2D eigenvalue weighted by Gasteiger charge is 2.26. The summed E-state index contributed by atoms with van der Waals surface area (Å²) in [6.07, 6.45) is 4.12. The molecule has 1 aromatic heterocycles. The molecular formula is C11H16N4. The molecule has 0 aromatic carbocycles. The van der Waals surface area contributed by atoms with Gasteiger partial charge in [0, 0.05) is 6.20 Å². The number of nitrogens with two attached hydrogens (primary N) is 1. The summed E-state index contributed by atoms with van der Waals surface area (Å²) >= 11 is 0. The summed E-state index contributed by atoms with van der Waals surface area (Å²) in [5.74, 6) is 1.87. The Kier molecular flexibility index (Phi) is 2.85. The highest BCUT2D eigenvalue weighted by molar-refractivity contribution is 5.91. The van der Waals surface area contributed by atoms with Crippen molar-refractivity contribution in [2.24, 2.45) is 16.6 Å². The van der Waals surface area contributed by atoms with Crippen molar-refractivity contribution in [3.05, 3.63) is 24.4 Å². The van der Waals surface area contributed by atoms with Crippen LogP contribution in [0.15, 0.2) is 29.4 Å². The summed E-state index contributed by atoms with van der Waals surface area (Å²) < 4.78 is 0. The predicted octanol–water partition coefficient (Wildman–Crippen LogP) is 1.61. The van der Waals surface area contributed by atoms with Crippen LogP contribution in [-0.4, -0.2) is 17.0 Å². The molecule has 1 saturated carbocycles. The number of nitrogens with one attached hydrogen (secondary N) is 1. The Labute approximate surface area is 89.6 Å². The highest BCUT2D eigenvalue weighted by atomic mass is 15.1. The van der Waals surface area contributed by atoms with Gasteiger partial charge >= 0.3 is 0 Å². The van der Waals surface area contributed by atoms with Gasteiger partial charge in [-0.05, 0) is 30.9 Å². The molecule has 3 N–H and O–H groups in total. The molecule has 1 aromatic rings. The van der Waals surface area contributed by atoms with Crippen LogP contribution in [0.2, 0.25) is 0 Å². The standard InChI is InChI=1S/C11H16N4/c1-8-5-6-9(8)14-11(12)15-10-4-2-3-7-13-10/h2-4,7-9H,5-6H2,1H3,(H3,12,13,14,15). The second-order valence-electron chi connectivity index (χ2n) is 3.98. The molecule has 0 spiro atoms. The van der Waals surface area contributed by atoms with Crippen molar-refractivity contribution in [2.75, 3.05) is 5.32 Å². The average molecular weight is 204 g/mol. The normalized spacial score (nSPS) is 25.8. The van der Waals surface area contributed by atoms with Gasteiger partial charge in [-0.1, -0.05) is 13.0 Å². The fourth-order valence-corrected chi connectivity index (χ4v) is 1.62. The van der Waals surface area contributed by atoms with E-state index >= 15 is 0 Å². The van der Waals surface area contributed by atoms with Crippen LogP contribution in [0.3, 0.4) is 0 Å². The lowest BCUT2D eigenvalue weighted by Crippen LogP contribution is -2.32. The summed E-state index contributed by atoms with van der Waals surface area (Å²) in [6, 6.07) is 6.04. The van der Waals surface area contributed by atoms with Crippen molar-refractivity contribution in [3.63, 3.8) is 0 Å². The van der Waals surface area contributed by atoms with E-state index in [4.69, 9.17) is 5.73 Å². The maximum Gasteiger partial charge on any atom is 0.194 e. The minimum absolute atomic E-state index is 0.390. The lowest BCUT2D eigenvalue weighted by Gasteiger charge is -2.30. The van der Waals surface area contributed by atoms with E-state index in [0.29, 0.717) is 17.9 Å². The topological polar surface area (TPSA) is 63.3 Å². The van der Waals surface area contributed by atoms with E-state index in [1.807, 2.05) is 18.2 Å². The van der Waals surface area contributed by atoms with E-state index in [-0.39, 0.29) is 0 Å². The van der Waals surface area contributed by atoms with Crippen LogP contribution in [0.1, 0.15) is 19.8 Å². The molecule has 4 heteroatoms. The van der Waals surface area contributed by atoms with E-state index in [9.17, 15) is 0 Å². The molecule has 80 valence electrons. The number of guanidine groups is 1. The molecule has 0 saturated heterocycles. The van der Waals surface area contributed by atoms with E-state index in [2.05, 4.69) is 22.2 Å². The van der Waals surface area contributed by atoms with Crippen LogP contribution in [-0.2, 0) is 0 Å². The molecule has 1 aliphatic carbocycles. The van der Waals surface area contributed by atoms with Gasteiger partial charge in [0.05, 0.1) is 6.04 Å². The molecule has 1 aliphatic rings. The van der Waals surface area contributed by atoms with Gasteiger partial charge in [0.2, 0.25) is 0 Å². The molecule has 0 bridgehead atoms. The van der Waals surface area contributed by atoms with E-state index in [1.165, 1.54) is 6.42 Å². The van der Waals surface area contributed by atoms with Crippen LogP contribution < -0.4 is 11.1 Å². The fourth-order valence-electron chi connectivity index (χ4n) is 1.62. The van der Waals surface area contributed by atoms with Crippen molar-refractivity contribution < 1.29 is 0 Å². The molecule has 4 nitrogen and oxygen atoms in total. The summed E-state index contributed by atoms with van der Waals surface area (Å²) in [5, 5.41) is 2.98. The molecule has 2 rings (SSSR count). The molecule has 2 unspecified atom stereocenters. The molecule has 0 aliphatic heterocycles. The number of anilines is 1. The Morgan fingerprint density at radius 1 is 1.53 bits per heavy atom. The summed E-state index contributed by atoms with van der Waals surface area (Å²) in [4.78, 5) is 8.52. The number of pyridine rings is 1. The van der Waals surface area contributed by atoms with Crippen LogP contribution in [0.5, 0.6) is 0 Å². The molecule has 2 atom stereocenters. The minimum atomic E-state index is 0.390. The van der Waals surface area contributed by atoms with Crippen molar-refractivity contribution >= 4 is 11.8 Å². The van der Waals surface area contributed by atoms with Gasteiger partial charge in [-0.3, -0.25) is 0 Å². The van der Waals surface area contributed by atoms with Gasteiger partial charge in [0.25, 0.3) is 0 Å². The maximum atomic E-state index is 5.78. The van der Waals surface area contributed by atoms with Gasteiger partial charge < -0.3 is 11.1 Å². The van der Waals surface area contributed by atoms with Crippen LogP contribution in [0, 0.1) is 5.92 Å². The smallest absolute Gasteiger partial charge is 0.194 e. The first-order valence-electron chi connectivity index (χ1n) is 5.27. The van der Waals surface area contributed by atoms with E-state index < -0.39 is 0 Å². The average Bonchev–Trinajstić information content (AvgIpc) is 2.25. The number of hydrogen-bond donors (Lipinski definition) is 2. The quantitative estimate of drug-likeness (QED) is 0.568. The predicted molar refractivity (Wildman–Crippen MR) is 61.7 cm³/mol. The minimum Gasteiger partial charge on any atom is -0.370 e. The van der Waals surface area contributed by atoms with Gasteiger partial charge in [-0.25, -0.2) is 9.98 Å². The monoisotopic (exact) mass is 204 g/mol. The molecule has 0 amide bonds. The van der Waals surface area contributed by atoms with Crippen LogP contribution >= 0.6 is 0 Å². The first kappa shape index (κ1) is 9.96. The number of nitrogens with zero attached hydrogens (tertiary/aromatic N) is 2. The molecule has 1 heterocycles. The lowest BCUT2D eigenvalue weighted by molar-refractivity contribution is 0.284. The van der Waals surface area contributed by atoms with Crippen molar-refractivity contribution in [1.29, 1.82) is 0 Å². The Morgan fingerprint density at radius 3 is 2.93 bits per heavy atom. The largest absolute Gasteiger partial charge is 0.370 e. The first-order chi connectivity index (χ1) is 7.25. The third kappa shape index (κ3) is 2.46. The first-order valence-corrected chi connectivity index (χ1v) is 5.27. The Bertz CT molecular complexity index is 347. The highest BCUT2D eigenvalue weighted by Crippen LogP contribution is 2.29. The second-order valence-corrected chi connectivity index (χ2v) is 3.98. The summed E-state index contributed by atoms with van der Waals surface area (Å²) in [5.41, 5.74) is 5.78. The number of aromatic nitrogens is 1. The van der Waals surface area contributed by atoms with Gasteiger partial charge in [0.15, 0.2) is 5.96 Å². The zero-order chi connectivity index (χ0) is 10.7. The maximum absolute atomic E-state index is 5.78. The van der Waals surface area contributed by atoms with E-state index in [0.717, 1.165) is 12.2 Å². The number of aliphatic imine (C=N–C) groups is 1. The fraction of sp³-hybridized carbons (Fsp3) is 0.455. The molecule has 15 heavy (non-hydrogen) atoms. The SMILES string of the molecule is CC1CCC1N=C(N)Nc1ccccn1. The van der Waals surface area contributed by atoms with Crippen molar-refractivity contribution in [1.82, 2.24) is 4.98 Å². The molecular weight excluding hydrogens is 188 g/mol. The number of hydrogen-bond acceptors (Lipinski definition) is 2. The Balaban J connectivity index is 1.94. The zero-order valence-electron chi connectivity index (χ0n) is 8.85. The summed E-state index contributed by atoms with van der Waals surface area (Å²) in [7, 11) is 0. The van der Waals surface area contributed by atoms with Crippen LogP contribution in [0.4, 0.5) is 5.82 Å². The van der Waals surface area contributed by atoms with Gasteiger partial charge in [0.1, 0.15) is 5.82 Å².